The van der Waals surface area contributed by atoms with Gasteiger partial charge in [-0.05, 0) is 62.8 Å². The lowest BCUT2D eigenvalue weighted by molar-refractivity contribution is -0.139. The van der Waals surface area contributed by atoms with Crippen LogP contribution in [0.5, 0.6) is 5.75 Å². The van der Waals surface area contributed by atoms with E-state index in [1.807, 2.05) is 0 Å². The molecule has 2 amide bonds. The highest BCUT2D eigenvalue weighted by molar-refractivity contribution is 5.95. The highest BCUT2D eigenvalue weighted by atomic mass is 16.5. The second-order valence-electron chi connectivity index (χ2n) is 6.76. The SMILES string of the molecule is CNC(=O)C1CCC(NC(=O)c2cc(C)c(OCC(=O)O)c(C)c2)CC1. The van der Waals surface area contributed by atoms with Crippen LogP contribution in [0.3, 0.4) is 0 Å². The molecule has 7 heteroatoms. The number of aryl methyl sites for hydroxylation is 2. The summed E-state index contributed by atoms with van der Waals surface area (Å²) in [5, 5.41) is 14.4. The summed E-state index contributed by atoms with van der Waals surface area (Å²) in [5.74, 6) is -0.612. The van der Waals surface area contributed by atoms with Crippen LogP contribution in [-0.4, -0.2) is 42.6 Å². The van der Waals surface area contributed by atoms with Crippen LogP contribution in [0, 0.1) is 19.8 Å². The van der Waals surface area contributed by atoms with Gasteiger partial charge in [-0.15, -0.1) is 0 Å². The summed E-state index contributed by atoms with van der Waals surface area (Å²) < 4.78 is 5.29. The van der Waals surface area contributed by atoms with Gasteiger partial charge < -0.3 is 20.5 Å². The Balaban J connectivity index is 1.98. The Bertz CT molecular complexity index is 670. The van der Waals surface area contributed by atoms with Crippen molar-refractivity contribution in [2.24, 2.45) is 5.92 Å². The van der Waals surface area contributed by atoms with Gasteiger partial charge in [0, 0.05) is 24.6 Å². The van der Waals surface area contributed by atoms with Gasteiger partial charge in [0.05, 0.1) is 0 Å². The van der Waals surface area contributed by atoms with Gasteiger partial charge in [0.15, 0.2) is 6.61 Å². The Hall–Kier alpha value is -2.57. The molecule has 0 aliphatic heterocycles. The van der Waals surface area contributed by atoms with Crippen LogP contribution in [0.2, 0.25) is 0 Å². The lowest BCUT2D eigenvalue weighted by Crippen LogP contribution is -2.40. The molecular formula is C19H26N2O5. The smallest absolute Gasteiger partial charge is 0.341 e. The number of ether oxygens (including phenoxy) is 1. The minimum Gasteiger partial charge on any atom is -0.481 e. The van der Waals surface area contributed by atoms with Crippen molar-refractivity contribution in [2.75, 3.05) is 13.7 Å². The molecule has 0 aromatic heterocycles. The number of rotatable bonds is 6. The zero-order valence-electron chi connectivity index (χ0n) is 15.4. The van der Waals surface area contributed by atoms with Gasteiger partial charge in [0.2, 0.25) is 5.91 Å². The first kappa shape index (κ1) is 19.8. The van der Waals surface area contributed by atoms with E-state index in [0.29, 0.717) is 11.3 Å². The summed E-state index contributed by atoms with van der Waals surface area (Å²) in [6.07, 6.45) is 3.10. The van der Waals surface area contributed by atoms with Crippen molar-refractivity contribution >= 4 is 17.8 Å². The van der Waals surface area contributed by atoms with Crippen LogP contribution in [0.4, 0.5) is 0 Å². The van der Waals surface area contributed by atoms with E-state index in [1.165, 1.54) is 0 Å². The van der Waals surface area contributed by atoms with Crippen molar-refractivity contribution in [3.63, 3.8) is 0 Å². The van der Waals surface area contributed by atoms with Crippen LogP contribution in [-0.2, 0) is 9.59 Å². The normalized spacial score (nSPS) is 19.5. The zero-order valence-corrected chi connectivity index (χ0v) is 15.4. The molecule has 1 aromatic carbocycles. The van der Waals surface area contributed by atoms with Crippen molar-refractivity contribution < 1.29 is 24.2 Å². The molecule has 0 unspecified atom stereocenters. The van der Waals surface area contributed by atoms with E-state index < -0.39 is 12.6 Å². The molecule has 1 fully saturated rings. The average molecular weight is 362 g/mol. The Kier molecular flexibility index (Phi) is 6.60. The van der Waals surface area contributed by atoms with Gasteiger partial charge in [-0.2, -0.15) is 0 Å². The van der Waals surface area contributed by atoms with E-state index in [4.69, 9.17) is 9.84 Å². The predicted molar refractivity (Wildman–Crippen MR) is 96.3 cm³/mol. The number of amides is 2. The molecule has 0 bridgehead atoms. The van der Waals surface area contributed by atoms with Gasteiger partial charge in [0.1, 0.15) is 5.75 Å². The molecule has 1 aliphatic rings. The number of carbonyl (C=O) groups is 3. The second kappa shape index (κ2) is 8.69. The van der Waals surface area contributed by atoms with Crippen LogP contribution < -0.4 is 15.4 Å². The van der Waals surface area contributed by atoms with Crippen LogP contribution >= 0.6 is 0 Å². The van der Waals surface area contributed by atoms with E-state index >= 15 is 0 Å². The molecule has 1 aromatic rings. The minimum absolute atomic E-state index is 0.0308. The number of carbonyl (C=O) groups excluding carboxylic acids is 2. The van der Waals surface area contributed by atoms with Crippen molar-refractivity contribution in [3.8, 4) is 5.75 Å². The fourth-order valence-electron chi connectivity index (χ4n) is 3.42. The fraction of sp³-hybridized carbons (Fsp3) is 0.526. The molecule has 1 aliphatic carbocycles. The topological polar surface area (TPSA) is 105 Å². The average Bonchev–Trinajstić information content (AvgIpc) is 2.60. The Morgan fingerprint density at radius 2 is 1.69 bits per heavy atom. The number of hydrogen-bond donors (Lipinski definition) is 3. The fourth-order valence-corrected chi connectivity index (χ4v) is 3.42. The van der Waals surface area contributed by atoms with Gasteiger partial charge >= 0.3 is 5.97 Å². The number of benzene rings is 1. The first-order chi connectivity index (χ1) is 12.3. The number of aliphatic carboxylic acids is 1. The quantitative estimate of drug-likeness (QED) is 0.716. The number of carboxylic acid groups (broad SMARTS) is 1. The van der Waals surface area contributed by atoms with Gasteiger partial charge in [0.25, 0.3) is 5.91 Å². The second-order valence-corrected chi connectivity index (χ2v) is 6.76. The third kappa shape index (κ3) is 4.97. The molecule has 0 atom stereocenters. The molecule has 2 rings (SSSR count). The lowest BCUT2D eigenvalue weighted by Gasteiger charge is -2.28. The first-order valence-corrected chi connectivity index (χ1v) is 8.80. The summed E-state index contributed by atoms with van der Waals surface area (Å²) in [6.45, 7) is 3.16. The number of nitrogens with one attached hydrogen (secondary N) is 2. The maximum atomic E-state index is 12.5. The van der Waals surface area contributed by atoms with Crippen molar-refractivity contribution in [1.82, 2.24) is 10.6 Å². The third-order valence-corrected chi connectivity index (χ3v) is 4.74. The summed E-state index contributed by atoms with van der Waals surface area (Å²) in [7, 11) is 1.64. The van der Waals surface area contributed by atoms with Gasteiger partial charge in [-0.25, -0.2) is 4.79 Å². The summed E-state index contributed by atoms with van der Waals surface area (Å²) in [4.78, 5) is 34.9. The standard InChI is InChI=1S/C19H26N2O5/c1-11-8-14(9-12(2)17(11)26-10-16(22)23)19(25)21-15-6-4-13(5-7-15)18(24)20-3/h8-9,13,15H,4-7,10H2,1-3H3,(H,20,24)(H,21,25)(H,22,23). The molecule has 0 heterocycles. The van der Waals surface area contributed by atoms with E-state index in [0.717, 1.165) is 36.8 Å². The van der Waals surface area contributed by atoms with Crippen molar-refractivity contribution in [3.05, 3.63) is 28.8 Å². The number of carboxylic acids is 1. The van der Waals surface area contributed by atoms with Crippen LogP contribution in [0.1, 0.15) is 47.2 Å². The predicted octanol–water partition coefficient (Wildman–Crippen LogP) is 1.80. The molecule has 0 saturated heterocycles. The summed E-state index contributed by atoms with van der Waals surface area (Å²) in [5.41, 5.74) is 1.97. The van der Waals surface area contributed by atoms with Crippen LogP contribution in [0.25, 0.3) is 0 Å². The Morgan fingerprint density at radius 1 is 1.12 bits per heavy atom. The molecular weight excluding hydrogens is 336 g/mol. The van der Waals surface area contributed by atoms with E-state index in [1.54, 1.807) is 33.0 Å². The Labute approximate surface area is 153 Å². The maximum absolute atomic E-state index is 12.5. The van der Waals surface area contributed by atoms with Gasteiger partial charge in [-0.3, -0.25) is 9.59 Å². The third-order valence-electron chi connectivity index (χ3n) is 4.74. The van der Waals surface area contributed by atoms with Crippen molar-refractivity contribution in [2.45, 2.75) is 45.6 Å². The minimum atomic E-state index is -1.04. The molecule has 3 N–H and O–H groups in total. The largest absolute Gasteiger partial charge is 0.481 e. The summed E-state index contributed by atoms with van der Waals surface area (Å²) >= 11 is 0. The van der Waals surface area contributed by atoms with Gasteiger partial charge in [-0.1, -0.05) is 0 Å². The molecule has 0 radical (unpaired) electrons. The Morgan fingerprint density at radius 3 is 2.19 bits per heavy atom. The molecule has 1 saturated carbocycles. The van der Waals surface area contributed by atoms with E-state index in [-0.39, 0.29) is 23.8 Å². The maximum Gasteiger partial charge on any atom is 0.341 e. The summed E-state index contributed by atoms with van der Waals surface area (Å²) in [6, 6.07) is 3.47. The highest BCUT2D eigenvalue weighted by Crippen LogP contribution is 2.27. The highest BCUT2D eigenvalue weighted by Gasteiger charge is 2.26. The van der Waals surface area contributed by atoms with E-state index in [9.17, 15) is 14.4 Å². The van der Waals surface area contributed by atoms with E-state index in [2.05, 4.69) is 10.6 Å². The van der Waals surface area contributed by atoms with Crippen molar-refractivity contribution in [1.29, 1.82) is 0 Å². The molecule has 142 valence electrons. The first-order valence-electron chi connectivity index (χ1n) is 8.80. The molecule has 7 nitrogen and oxygen atoms in total. The molecule has 0 spiro atoms. The molecule has 26 heavy (non-hydrogen) atoms. The van der Waals surface area contributed by atoms with Crippen LogP contribution in [0.15, 0.2) is 12.1 Å². The monoisotopic (exact) mass is 362 g/mol. The zero-order chi connectivity index (χ0) is 19.3. The number of hydrogen-bond acceptors (Lipinski definition) is 4. The lowest BCUT2D eigenvalue weighted by atomic mass is 9.85.